The van der Waals surface area contributed by atoms with E-state index in [1.807, 2.05) is 0 Å². The molecule has 72 valence electrons. The zero-order chi connectivity index (χ0) is 10.0. The number of aromatic nitrogens is 1. The van der Waals surface area contributed by atoms with Crippen LogP contribution in [0.2, 0.25) is 0 Å². The molecule has 3 nitrogen and oxygen atoms in total. The summed E-state index contributed by atoms with van der Waals surface area (Å²) in [6.45, 7) is 0. The van der Waals surface area contributed by atoms with Crippen molar-refractivity contribution < 1.29 is 13.5 Å². The van der Waals surface area contributed by atoms with Crippen molar-refractivity contribution in [1.82, 2.24) is 4.98 Å². The third kappa shape index (κ3) is 1.88. The summed E-state index contributed by atoms with van der Waals surface area (Å²) < 4.78 is 29.7. The van der Waals surface area contributed by atoms with Crippen molar-refractivity contribution in [3.8, 4) is 5.75 Å². The van der Waals surface area contributed by atoms with E-state index in [0.29, 0.717) is 4.60 Å². The minimum Gasteiger partial charge on any atom is -0.494 e. The third-order valence-electron chi connectivity index (χ3n) is 1.49. The summed E-state index contributed by atoms with van der Waals surface area (Å²) in [4.78, 5) is 3.64. The van der Waals surface area contributed by atoms with Gasteiger partial charge in [-0.1, -0.05) is 0 Å². The van der Waals surface area contributed by atoms with Crippen LogP contribution >= 0.6 is 15.9 Å². The van der Waals surface area contributed by atoms with E-state index in [4.69, 9.17) is 10.5 Å². The first kappa shape index (κ1) is 10.2. The van der Waals surface area contributed by atoms with Crippen LogP contribution in [0, 0.1) is 0 Å². The lowest BCUT2D eigenvalue weighted by Gasteiger charge is -2.10. The Kier molecular flexibility index (Phi) is 3.02. The molecule has 1 aromatic heterocycles. The Hall–Kier alpha value is -0.910. The van der Waals surface area contributed by atoms with Crippen LogP contribution in [0.4, 0.5) is 14.5 Å². The molecule has 1 heterocycles. The number of hydrogen-bond acceptors (Lipinski definition) is 3. The van der Waals surface area contributed by atoms with E-state index in [9.17, 15) is 8.78 Å². The van der Waals surface area contributed by atoms with E-state index >= 15 is 0 Å². The van der Waals surface area contributed by atoms with Crippen molar-refractivity contribution in [1.29, 1.82) is 0 Å². The summed E-state index contributed by atoms with van der Waals surface area (Å²) >= 11 is 3.01. The predicted molar refractivity (Wildman–Crippen MR) is 47.9 cm³/mol. The highest BCUT2D eigenvalue weighted by molar-refractivity contribution is 9.10. The number of nitrogen functional groups attached to an aromatic ring is 1. The molecule has 0 bridgehead atoms. The molecule has 2 N–H and O–H groups in total. The molecule has 0 aromatic carbocycles. The van der Waals surface area contributed by atoms with E-state index in [1.54, 1.807) is 0 Å². The molecule has 0 fully saturated rings. The second-order valence-electron chi connectivity index (χ2n) is 2.25. The van der Waals surface area contributed by atoms with Crippen molar-refractivity contribution in [2.24, 2.45) is 0 Å². The van der Waals surface area contributed by atoms with E-state index in [0.717, 1.165) is 6.20 Å². The summed E-state index contributed by atoms with van der Waals surface area (Å²) in [5.41, 5.74) is 5.25. The molecule has 0 radical (unpaired) electrons. The summed E-state index contributed by atoms with van der Waals surface area (Å²) in [7, 11) is 1.28. The predicted octanol–water partition coefficient (Wildman–Crippen LogP) is 2.37. The van der Waals surface area contributed by atoms with Crippen molar-refractivity contribution in [3.63, 3.8) is 0 Å². The van der Waals surface area contributed by atoms with Gasteiger partial charge in [0.05, 0.1) is 12.7 Å². The number of anilines is 1. The highest BCUT2D eigenvalue weighted by Gasteiger charge is 2.18. The molecule has 0 saturated heterocycles. The Morgan fingerprint density at radius 2 is 2.23 bits per heavy atom. The zero-order valence-corrected chi connectivity index (χ0v) is 8.31. The minimum atomic E-state index is -2.64. The van der Waals surface area contributed by atoms with Gasteiger partial charge in [-0.25, -0.2) is 13.8 Å². The summed E-state index contributed by atoms with van der Waals surface area (Å²) in [6.07, 6.45) is -1.61. The molecule has 6 heteroatoms. The molecule has 0 aliphatic rings. The Morgan fingerprint density at radius 3 is 2.69 bits per heavy atom. The van der Waals surface area contributed by atoms with Crippen LogP contribution < -0.4 is 10.5 Å². The quantitative estimate of drug-likeness (QED) is 0.823. The molecule has 0 aliphatic carbocycles. The number of ether oxygens (including phenoxy) is 1. The number of methoxy groups -OCH3 is 1. The Balaban J connectivity index is 3.30. The van der Waals surface area contributed by atoms with E-state index in [-0.39, 0.29) is 17.0 Å². The van der Waals surface area contributed by atoms with Gasteiger partial charge in [0.25, 0.3) is 6.43 Å². The van der Waals surface area contributed by atoms with Crippen molar-refractivity contribution in [2.75, 3.05) is 12.8 Å². The standard InChI is InChI=1S/C7H7BrF2N2O/c1-13-5-3(7(9)10)2-12-6(8)4(5)11/h2,7H,11H2,1H3. The Bertz CT molecular complexity index is 320. The molecule has 0 unspecified atom stereocenters. The molecule has 0 atom stereocenters. The lowest BCUT2D eigenvalue weighted by atomic mass is 10.2. The largest absolute Gasteiger partial charge is 0.494 e. The SMILES string of the molecule is COc1c(C(F)F)cnc(Br)c1N. The average molecular weight is 253 g/mol. The first-order valence-corrected chi connectivity index (χ1v) is 4.13. The molecular formula is C7H7BrF2N2O. The van der Waals surface area contributed by atoms with Gasteiger partial charge in [-0.15, -0.1) is 0 Å². The zero-order valence-electron chi connectivity index (χ0n) is 6.72. The topological polar surface area (TPSA) is 48.1 Å². The summed E-state index contributed by atoms with van der Waals surface area (Å²) in [5, 5.41) is 0. The van der Waals surface area contributed by atoms with E-state index in [1.165, 1.54) is 7.11 Å². The maximum absolute atomic E-state index is 12.3. The van der Waals surface area contributed by atoms with Crippen LogP contribution in [0.5, 0.6) is 5.75 Å². The van der Waals surface area contributed by atoms with Gasteiger partial charge in [0.2, 0.25) is 0 Å². The number of rotatable bonds is 2. The Labute approximate surface area is 82.0 Å². The maximum Gasteiger partial charge on any atom is 0.268 e. The van der Waals surface area contributed by atoms with Crippen LogP contribution in [-0.2, 0) is 0 Å². The first-order chi connectivity index (χ1) is 6.07. The monoisotopic (exact) mass is 252 g/mol. The third-order valence-corrected chi connectivity index (χ3v) is 2.12. The van der Waals surface area contributed by atoms with Gasteiger partial charge in [-0.2, -0.15) is 0 Å². The highest BCUT2D eigenvalue weighted by Crippen LogP contribution is 2.36. The van der Waals surface area contributed by atoms with Gasteiger partial charge < -0.3 is 10.5 Å². The number of alkyl halides is 2. The molecule has 0 saturated carbocycles. The fourth-order valence-corrected chi connectivity index (χ4v) is 1.17. The number of pyridine rings is 1. The van der Waals surface area contributed by atoms with E-state index in [2.05, 4.69) is 20.9 Å². The maximum atomic E-state index is 12.3. The molecular weight excluding hydrogens is 246 g/mol. The smallest absolute Gasteiger partial charge is 0.268 e. The van der Waals surface area contributed by atoms with Crippen LogP contribution in [-0.4, -0.2) is 12.1 Å². The van der Waals surface area contributed by atoms with Crippen molar-refractivity contribution >= 4 is 21.6 Å². The van der Waals surface area contributed by atoms with Crippen LogP contribution in [0.25, 0.3) is 0 Å². The fourth-order valence-electron chi connectivity index (χ4n) is 0.887. The van der Waals surface area contributed by atoms with Gasteiger partial charge in [0.15, 0.2) is 5.75 Å². The van der Waals surface area contributed by atoms with Crippen LogP contribution in [0.15, 0.2) is 10.8 Å². The second kappa shape index (κ2) is 3.87. The first-order valence-electron chi connectivity index (χ1n) is 3.34. The molecule has 0 spiro atoms. The molecule has 1 rings (SSSR count). The molecule has 13 heavy (non-hydrogen) atoms. The van der Waals surface area contributed by atoms with Crippen LogP contribution in [0.3, 0.4) is 0 Å². The van der Waals surface area contributed by atoms with E-state index < -0.39 is 6.43 Å². The van der Waals surface area contributed by atoms with Gasteiger partial charge >= 0.3 is 0 Å². The second-order valence-corrected chi connectivity index (χ2v) is 3.00. The van der Waals surface area contributed by atoms with Gasteiger partial charge in [0.1, 0.15) is 10.3 Å². The number of nitrogens with zero attached hydrogens (tertiary/aromatic N) is 1. The Morgan fingerprint density at radius 1 is 1.62 bits per heavy atom. The number of nitrogens with two attached hydrogens (primary N) is 1. The number of hydrogen-bond donors (Lipinski definition) is 1. The minimum absolute atomic E-state index is 0.0307. The summed E-state index contributed by atoms with van der Waals surface area (Å²) in [6, 6.07) is 0. The molecule has 0 aliphatic heterocycles. The lowest BCUT2D eigenvalue weighted by molar-refractivity contribution is 0.146. The van der Waals surface area contributed by atoms with Crippen molar-refractivity contribution in [3.05, 3.63) is 16.4 Å². The summed E-state index contributed by atoms with van der Waals surface area (Å²) in [5.74, 6) is -0.0307. The molecule has 1 aromatic rings. The fraction of sp³-hybridized carbons (Fsp3) is 0.286. The average Bonchev–Trinajstić information content (AvgIpc) is 2.09. The lowest BCUT2D eigenvalue weighted by Crippen LogP contribution is -2.00. The van der Waals surface area contributed by atoms with Gasteiger partial charge in [0, 0.05) is 6.20 Å². The van der Waals surface area contributed by atoms with Gasteiger partial charge in [-0.05, 0) is 15.9 Å². The van der Waals surface area contributed by atoms with Gasteiger partial charge in [-0.3, -0.25) is 0 Å². The normalized spacial score (nSPS) is 10.5. The highest BCUT2D eigenvalue weighted by atomic mass is 79.9. The van der Waals surface area contributed by atoms with Crippen molar-refractivity contribution in [2.45, 2.75) is 6.43 Å². The number of halogens is 3. The van der Waals surface area contributed by atoms with Crippen LogP contribution in [0.1, 0.15) is 12.0 Å². The molecule has 0 amide bonds.